The lowest BCUT2D eigenvalue weighted by Crippen LogP contribution is -2.30. The topological polar surface area (TPSA) is 79.2 Å². The minimum atomic E-state index is -1.26. The van der Waals surface area contributed by atoms with Gasteiger partial charge < -0.3 is 10.1 Å². The highest BCUT2D eigenvalue weighted by atomic mass is 32.2. The summed E-state index contributed by atoms with van der Waals surface area (Å²) in [7, 11) is 0. The van der Waals surface area contributed by atoms with Gasteiger partial charge in [-0.15, -0.1) is 0 Å². The molecule has 5 nitrogen and oxygen atoms in total. The summed E-state index contributed by atoms with van der Waals surface area (Å²) in [6.45, 7) is 1.32. The Morgan fingerprint density at radius 2 is 1.71 bits per heavy atom. The SMILES string of the molecule is CC(OC(=O)c1ccccc1Sc1ccccc1C#N)C(=O)Nc1cc(F)ccc1F. The number of carbonyl (C=O) groups is 2. The predicted molar refractivity (Wildman–Crippen MR) is 112 cm³/mol. The van der Waals surface area contributed by atoms with E-state index in [1.165, 1.54) is 24.8 Å². The van der Waals surface area contributed by atoms with Crippen molar-refractivity contribution in [3.05, 3.63) is 89.5 Å². The molecule has 0 aliphatic carbocycles. The van der Waals surface area contributed by atoms with Crippen LogP contribution in [0.4, 0.5) is 14.5 Å². The van der Waals surface area contributed by atoms with Gasteiger partial charge in [0.1, 0.15) is 17.7 Å². The van der Waals surface area contributed by atoms with E-state index in [0.717, 1.165) is 18.2 Å². The minimum absolute atomic E-state index is 0.205. The normalized spacial score (nSPS) is 11.3. The molecule has 8 heteroatoms. The Morgan fingerprint density at radius 3 is 2.45 bits per heavy atom. The van der Waals surface area contributed by atoms with Crippen LogP contribution in [0.25, 0.3) is 0 Å². The summed E-state index contributed by atoms with van der Waals surface area (Å²) in [6.07, 6.45) is -1.26. The third kappa shape index (κ3) is 5.47. The average molecular weight is 438 g/mol. The van der Waals surface area contributed by atoms with Gasteiger partial charge in [0.05, 0.1) is 16.8 Å². The van der Waals surface area contributed by atoms with Crippen molar-refractivity contribution < 1.29 is 23.1 Å². The highest BCUT2D eigenvalue weighted by Gasteiger charge is 2.22. The van der Waals surface area contributed by atoms with E-state index in [0.29, 0.717) is 15.4 Å². The molecule has 0 fully saturated rings. The van der Waals surface area contributed by atoms with Crippen LogP contribution in [0.3, 0.4) is 0 Å². The van der Waals surface area contributed by atoms with Crippen molar-refractivity contribution in [3.8, 4) is 6.07 Å². The lowest BCUT2D eigenvalue weighted by atomic mass is 10.2. The van der Waals surface area contributed by atoms with Crippen LogP contribution in [0, 0.1) is 23.0 Å². The number of ether oxygens (including phenoxy) is 1. The molecule has 0 bridgehead atoms. The number of rotatable bonds is 6. The largest absolute Gasteiger partial charge is 0.449 e. The molecule has 0 heterocycles. The Balaban J connectivity index is 1.74. The van der Waals surface area contributed by atoms with Gasteiger partial charge in [-0.25, -0.2) is 13.6 Å². The first-order valence-corrected chi connectivity index (χ1v) is 9.93. The maximum Gasteiger partial charge on any atom is 0.340 e. The van der Waals surface area contributed by atoms with Crippen molar-refractivity contribution >= 4 is 29.3 Å². The maximum absolute atomic E-state index is 13.7. The van der Waals surface area contributed by atoms with Crippen LogP contribution in [0.1, 0.15) is 22.8 Å². The van der Waals surface area contributed by atoms with Gasteiger partial charge >= 0.3 is 5.97 Å². The quantitative estimate of drug-likeness (QED) is 0.537. The van der Waals surface area contributed by atoms with Crippen molar-refractivity contribution in [1.82, 2.24) is 0 Å². The Labute approximate surface area is 181 Å². The van der Waals surface area contributed by atoms with Crippen LogP contribution < -0.4 is 5.32 Å². The Kier molecular flexibility index (Phi) is 7.00. The number of benzene rings is 3. The van der Waals surface area contributed by atoms with Gasteiger partial charge in [-0.05, 0) is 43.3 Å². The van der Waals surface area contributed by atoms with E-state index >= 15 is 0 Å². The third-order valence-electron chi connectivity index (χ3n) is 4.17. The zero-order valence-corrected chi connectivity index (χ0v) is 17.1. The summed E-state index contributed by atoms with van der Waals surface area (Å²) in [5.41, 5.74) is 0.314. The number of nitrogens with one attached hydrogen (secondary N) is 1. The monoisotopic (exact) mass is 438 g/mol. The number of hydrogen-bond donors (Lipinski definition) is 1. The van der Waals surface area contributed by atoms with E-state index in [4.69, 9.17) is 4.74 Å². The van der Waals surface area contributed by atoms with E-state index < -0.39 is 29.6 Å². The van der Waals surface area contributed by atoms with Crippen LogP contribution in [0.2, 0.25) is 0 Å². The Bertz CT molecular complexity index is 1180. The zero-order chi connectivity index (χ0) is 22.4. The summed E-state index contributed by atoms with van der Waals surface area (Å²) in [4.78, 5) is 26.2. The van der Waals surface area contributed by atoms with Gasteiger partial charge in [0.2, 0.25) is 0 Å². The lowest BCUT2D eigenvalue weighted by molar-refractivity contribution is -0.123. The van der Waals surface area contributed by atoms with Gasteiger partial charge in [-0.1, -0.05) is 36.0 Å². The van der Waals surface area contributed by atoms with E-state index in [1.54, 1.807) is 42.5 Å². The fraction of sp³-hybridized carbons (Fsp3) is 0.0870. The molecule has 3 aromatic carbocycles. The third-order valence-corrected chi connectivity index (χ3v) is 5.33. The molecule has 1 atom stereocenters. The molecule has 31 heavy (non-hydrogen) atoms. The average Bonchev–Trinajstić information content (AvgIpc) is 2.77. The molecule has 0 aromatic heterocycles. The van der Waals surface area contributed by atoms with Gasteiger partial charge in [0.25, 0.3) is 5.91 Å². The van der Waals surface area contributed by atoms with Crippen LogP contribution in [-0.4, -0.2) is 18.0 Å². The molecule has 156 valence electrons. The van der Waals surface area contributed by atoms with Crippen LogP contribution in [0.5, 0.6) is 0 Å². The molecular formula is C23H16F2N2O3S. The molecule has 3 rings (SSSR count). The molecule has 3 aromatic rings. The standard InChI is InChI=1S/C23H16F2N2O3S/c1-14(22(28)27-19-12-16(24)10-11-18(19)25)30-23(29)17-7-3-5-9-21(17)31-20-8-4-2-6-15(20)13-26/h2-12,14H,1H3,(H,27,28). The summed E-state index contributed by atoms with van der Waals surface area (Å²) in [5.74, 6) is -3.10. The predicted octanol–water partition coefficient (Wildman–Crippen LogP) is 5.17. The highest BCUT2D eigenvalue weighted by molar-refractivity contribution is 7.99. The summed E-state index contributed by atoms with van der Waals surface area (Å²) in [6, 6.07) is 18.3. The molecule has 0 spiro atoms. The van der Waals surface area contributed by atoms with E-state index in [2.05, 4.69) is 11.4 Å². The number of anilines is 1. The molecule has 0 saturated carbocycles. The molecule has 0 aliphatic heterocycles. The Hall–Kier alpha value is -3.70. The van der Waals surface area contributed by atoms with Crippen LogP contribution in [0.15, 0.2) is 76.5 Å². The minimum Gasteiger partial charge on any atom is -0.449 e. The molecule has 0 aliphatic rings. The Morgan fingerprint density at radius 1 is 1.03 bits per heavy atom. The van der Waals surface area contributed by atoms with Crippen LogP contribution >= 0.6 is 11.8 Å². The number of nitrogens with zero attached hydrogens (tertiary/aromatic N) is 1. The first-order valence-electron chi connectivity index (χ1n) is 9.12. The van der Waals surface area contributed by atoms with Crippen molar-refractivity contribution in [3.63, 3.8) is 0 Å². The number of amides is 1. The fourth-order valence-corrected chi connectivity index (χ4v) is 3.61. The lowest BCUT2D eigenvalue weighted by Gasteiger charge is -2.15. The summed E-state index contributed by atoms with van der Waals surface area (Å²) >= 11 is 1.22. The smallest absolute Gasteiger partial charge is 0.340 e. The van der Waals surface area contributed by atoms with Crippen molar-refractivity contribution in [2.45, 2.75) is 22.8 Å². The summed E-state index contributed by atoms with van der Waals surface area (Å²) < 4.78 is 32.2. The number of hydrogen-bond acceptors (Lipinski definition) is 5. The van der Waals surface area contributed by atoms with E-state index in [1.807, 2.05) is 0 Å². The van der Waals surface area contributed by atoms with Crippen molar-refractivity contribution in [1.29, 1.82) is 5.26 Å². The van der Waals surface area contributed by atoms with E-state index in [-0.39, 0.29) is 11.3 Å². The number of carbonyl (C=O) groups excluding carboxylic acids is 2. The van der Waals surface area contributed by atoms with Crippen molar-refractivity contribution in [2.24, 2.45) is 0 Å². The molecule has 0 saturated heterocycles. The molecular weight excluding hydrogens is 422 g/mol. The van der Waals surface area contributed by atoms with Crippen LogP contribution in [-0.2, 0) is 9.53 Å². The van der Waals surface area contributed by atoms with Gasteiger partial charge in [0, 0.05) is 15.9 Å². The number of nitriles is 1. The molecule has 1 unspecified atom stereocenters. The van der Waals surface area contributed by atoms with Crippen molar-refractivity contribution in [2.75, 3.05) is 5.32 Å². The van der Waals surface area contributed by atoms with Gasteiger partial charge in [-0.3, -0.25) is 4.79 Å². The summed E-state index contributed by atoms with van der Waals surface area (Å²) in [5, 5.41) is 11.5. The second kappa shape index (κ2) is 9.87. The maximum atomic E-state index is 13.7. The highest BCUT2D eigenvalue weighted by Crippen LogP contribution is 2.33. The van der Waals surface area contributed by atoms with Gasteiger partial charge in [0.15, 0.2) is 6.10 Å². The fourth-order valence-electron chi connectivity index (χ4n) is 2.60. The first-order chi connectivity index (χ1) is 14.9. The van der Waals surface area contributed by atoms with E-state index in [9.17, 15) is 23.6 Å². The molecule has 0 radical (unpaired) electrons. The molecule has 1 N–H and O–H groups in total. The second-order valence-electron chi connectivity index (χ2n) is 6.37. The number of esters is 1. The number of halogens is 2. The first kappa shape index (κ1) is 22.0. The second-order valence-corrected chi connectivity index (χ2v) is 7.45. The van der Waals surface area contributed by atoms with Gasteiger partial charge in [-0.2, -0.15) is 5.26 Å². The zero-order valence-electron chi connectivity index (χ0n) is 16.3. The molecule has 1 amide bonds.